The van der Waals surface area contributed by atoms with E-state index in [1.807, 2.05) is 38.1 Å². The van der Waals surface area contributed by atoms with E-state index in [-0.39, 0.29) is 18.6 Å². The summed E-state index contributed by atoms with van der Waals surface area (Å²) in [5.74, 6) is 0.624. The molecular weight excluding hydrogens is 216 g/mol. The summed E-state index contributed by atoms with van der Waals surface area (Å²) >= 11 is 0. The van der Waals surface area contributed by atoms with Crippen LogP contribution in [0.4, 0.5) is 0 Å². The van der Waals surface area contributed by atoms with Crippen molar-refractivity contribution < 1.29 is 9.53 Å². The molecule has 0 radical (unpaired) electrons. The number of para-hydroxylation sites is 1. The SMILES string of the molecule is CCNC(=O)COc1ccccc1CC(C)N. The topological polar surface area (TPSA) is 64.3 Å². The lowest BCUT2D eigenvalue weighted by atomic mass is 10.1. The number of hydrogen-bond donors (Lipinski definition) is 2. The van der Waals surface area contributed by atoms with E-state index >= 15 is 0 Å². The lowest BCUT2D eigenvalue weighted by Gasteiger charge is -2.12. The van der Waals surface area contributed by atoms with Crippen LogP contribution in [0, 0.1) is 0 Å². The standard InChI is InChI=1S/C13H20N2O2/c1-3-15-13(16)9-17-12-7-5-4-6-11(12)8-10(2)14/h4-7,10H,3,8-9,14H2,1-2H3,(H,15,16). The second kappa shape index (κ2) is 6.91. The van der Waals surface area contributed by atoms with Crippen LogP contribution >= 0.6 is 0 Å². The number of carbonyl (C=O) groups excluding carboxylic acids is 1. The molecule has 3 N–H and O–H groups in total. The largest absolute Gasteiger partial charge is 0.483 e. The van der Waals surface area contributed by atoms with Gasteiger partial charge < -0.3 is 15.8 Å². The van der Waals surface area contributed by atoms with E-state index in [0.29, 0.717) is 6.54 Å². The van der Waals surface area contributed by atoms with Crippen molar-refractivity contribution >= 4 is 5.91 Å². The van der Waals surface area contributed by atoms with Crippen LogP contribution in [0.5, 0.6) is 5.75 Å². The van der Waals surface area contributed by atoms with Crippen LogP contribution in [0.25, 0.3) is 0 Å². The summed E-state index contributed by atoms with van der Waals surface area (Å²) in [5.41, 5.74) is 6.80. The Balaban J connectivity index is 2.60. The Morgan fingerprint density at radius 2 is 2.18 bits per heavy atom. The minimum Gasteiger partial charge on any atom is -0.483 e. The smallest absolute Gasteiger partial charge is 0.257 e. The zero-order valence-corrected chi connectivity index (χ0v) is 10.4. The first kappa shape index (κ1) is 13.5. The summed E-state index contributed by atoms with van der Waals surface area (Å²) < 4.78 is 5.48. The number of benzene rings is 1. The van der Waals surface area contributed by atoms with Gasteiger partial charge in [-0.25, -0.2) is 0 Å². The fraction of sp³-hybridized carbons (Fsp3) is 0.462. The molecule has 17 heavy (non-hydrogen) atoms. The van der Waals surface area contributed by atoms with E-state index in [2.05, 4.69) is 5.32 Å². The van der Waals surface area contributed by atoms with E-state index in [1.54, 1.807) is 0 Å². The molecule has 0 aliphatic heterocycles. The number of nitrogens with one attached hydrogen (secondary N) is 1. The van der Waals surface area contributed by atoms with Crippen molar-refractivity contribution in [2.75, 3.05) is 13.2 Å². The molecule has 0 aliphatic rings. The first-order valence-corrected chi connectivity index (χ1v) is 5.86. The summed E-state index contributed by atoms with van der Waals surface area (Å²) in [6.45, 7) is 4.48. The molecule has 1 amide bonds. The molecule has 0 fully saturated rings. The van der Waals surface area contributed by atoms with Crippen molar-refractivity contribution in [3.8, 4) is 5.75 Å². The first-order valence-electron chi connectivity index (χ1n) is 5.86. The molecule has 94 valence electrons. The third kappa shape index (κ3) is 4.87. The van der Waals surface area contributed by atoms with Gasteiger partial charge in [0.2, 0.25) is 0 Å². The van der Waals surface area contributed by atoms with Crippen LogP contribution in [0.1, 0.15) is 19.4 Å². The Morgan fingerprint density at radius 1 is 1.47 bits per heavy atom. The summed E-state index contributed by atoms with van der Waals surface area (Å²) in [6, 6.07) is 7.73. The first-order chi connectivity index (χ1) is 8.13. The second-order valence-corrected chi connectivity index (χ2v) is 4.03. The molecule has 4 heteroatoms. The minimum atomic E-state index is -0.108. The lowest BCUT2D eigenvalue weighted by molar-refractivity contribution is -0.122. The van der Waals surface area contributed by atoms with Gasteiger partial charge in [0.25, 0.3) is 5.91 Å². The number of likely N-dealkylation sites (N-methyl/N-ethyl adjacent to an activating group) is 1. The number of amides is 1. The Morgan fingerprint density at radius 3 is 2.82 bits per heavy atom. The molecule has 4 nitrogen and oxygen atoms in total. The van der Waals surface area contributed by atoms with Gasteiger partial charge in [0.15, 0.2) is 6.61 Å². The molecule has 1 rings (SSSR count). The molecular formula is C13H20N2O2. The molecule has 1 unspecified atom stereocenters. The molecule has 1 aromatic rings. The predicted octanol–water partition coefficient (Wildman–Crippen LogP) is 1.09. The Bertz CT molecular complexity index is 364. The molecule has 0 saturated carbocycles. The van der Waals surface area contributed by atoms with Crippen LogP contribution in [0.2, 0.25) is 0 Å². The van der Waals surface area contributed by atoms with Gasteiger partial charge in [-0.1, -0.05) is 18.2 Å². The van der Waals surface area contributed by atoms with Gasteiger partial charge >= 0.3 is 0 Å². The number of nitrogens with two attached hydrogens (primary N) is 1. The van der Waals surface area contributed by atoms with Crippen LogP contribution < -0.4 is 15.8 Å². The predicted molar refractivity (Wildman–Crippen MR) is 68.0 cm³/mol. The van der Waals surface area contributed by atoms with Crippen LogP contribution in [0.15, 0.2) is 24.3 Å². The summed E-state index contributed by atoms with van der Waals surface area (Å²) in [6.07, 6.45) is 0.742. The zero-order chi connectivity index (χ0) is 12.7. The molecule has 0 aromatic heterocycles. The number of hydrogen-bond acceptors (Lipinski definition) is 3. The highest BCUT2D eigenvalue weighted by Crippen LogP contribution is 2.19. The third-order valence-electron chi connectivity index (χ3n) is 2.25. The quantitative estimate of drug-likeness (QED) is 0.777. The zero-order valence-electron chi connectivity index (χ0n) is 10.4. The van der Waals surface area contributed by atoms with E-state index in [0.717, 1.165) is 17.7 Å². The van der Waals surface area contributed by atoms with Crippen molar-refractivity contribution in [1.82, 2.24) is 5.32 Å². The summed E-state index contributed by atoms with van der Waals surface area (Å²) in [5, 5.41) is 2.69. The third-order valence-corrected chi connectivity index (χ3v) is 2.25. The molecule has 1 aromatic carbocycles. The lowest BCUT2D eigenvalue weighted by Crippen LogP contribution is -2.28. The maximum Gasteiger partial charge on any atom is 0.257 e. The molecule has 0 spiro atoms. The molecule has 0 saturated heterocycles. The van der Waals surface area contributed by atoms with E-state index in [1.165, 1.54) is 0 Å². The van der Waals surface area contributed by atoms with Crippen molar-refractivity contribution in [3.63, 3.8) is 0 Å². The van der Waals surface area contributed by atoms with Gasteiger partial charge in [-0.05, 0) is 31.9 Å². The second-order valence-electron chi connectivity index (χ2n) is 4.03. The summed E-state index contributed by atoms with van der Waals surface area (Å²) in [4.78, 5) is 11.3. The van der Waals surface area contributed by atoms with E-state index in [9.17, 15) is 4.79 Å². The fourth-order valence-electron chi connectivity index (χ4n) is 1.55. The number of ether oxygens (including phenoxy) is 1. The van der Waals surface area contributed by atoms with Crippen LogP contribution in [-0.2, 0) is 11.2 Å². The van der Waals surface area contributed by atoms with E-state index in [4.69, 9.17) is 10.5 Å². The Labute approximate surface area is 102 Å². The number of carbonyl (C=O) groups is 1. The highest BCUT2D eigenvalue weighted by atomic mass is 16.5. The van der Waals surface area contributed by atoms with Crippen molar-refractivity contribution in [1.29, 1.82) is 0 Å². The van der Waals surface area contributed by atoms with Crippen LogP contribution in [0.3, 0.4) is 0 Å². The fourth-order valence-corrected chi connectivity index (χ4v) is 1.55. The highest BCUT2D eigenvalue weighted by molar-refractivity contribution is 5.77. The number of rotatable bonds is 6. The Kier molecular flexibility index (Phi) is 5.49. The molecule has 0 aliphatic carbocycles. The maximum absolute atomic E-state index is 11.3. The van der Waals surface area contributed by atoms with Gasteiger partial charge in [0, 0.05) is 12.6 Å². The normalized spacial score (nSPS) is 11.9. The molecule has 0 heterocycles. The van der Waals surface area contributed by atoms with Gasteiger partial charge in [-0.3, -0.25) is 4.79 Å². The average Bonchev–Trinajstić information content (AvgIpc) is 2.27. The van der Waals surface area contributed by atoms with Crippen molar-refractivity contribution in [2.45, 2.75) is 26.3 Å². The Hall–Kier alpha value is -1.55. The monoisotopic (exact) mass is 236 g/mol. The van der Waals surface area contributed by atoms with Crippen LogP contribution in [-0.4, -0.2) is 25.1 Å². The van der Waals surface area contributed by atoms with Gasteiger partial charge in [-0.15, -0.1) is 0 Å². The van der Waals surface area contributed by atoms with Gasteiger partial charge in [0.05, 0.1) is 0 Å². The molecule has 0 bridgehead atoms. The molecule has 1 atom stereocenters. The highest BCUT2D eigenvalue weighted by Gasteiger charge is 2.07. The maximum atomic E-state index is 11.3. The van der Waals surface area contributed by atoms with E-state index < -0.39 is 0 Å². The summed E-state index contributed by atoms with van der Waals surface area (Å²) in [7, 11) is 0. The van der Waals surface area contributed by atoms with Gasteiger partial charge in [-0.2, -0.15) is 0 Å². The van der Waals surface area contributed by atoms with Crippen molar-refractivity contribution in [3.05, 3.63) is 29.8 Å². The minimum absolute atomic E-state index is 0.0454. The van der Waals surface area contributed by atoms with Gasteiger partial charge in [0.1, 0.15) is 5.75 Å². The van der Waals surface area contributed by atoms with Crippen molar-refractivity contribution in [2.24, 2.45) is 5.73 Å². The average molecular weight is 236 g/mol.